The Morgan fingerprint density at radius 2 is 1.94 bits per heavy atom. The topological polar surface area (TPSA) is 51.5 Å². The van der Waals surface area contributed by atoms with E-state index in [-0.39, 0.29) is 6.10 Å². The summed E-state index contributed by atoms with van der Waals surface area (Å²) < 4.78 is 14.3. The fraction of sp³-hybridized carbons (Fsp3) is 0.900. The fourth-order valence-electron chi connectivity index (χ4n) is 1.79. The molecule has 7 heteroatoms. The molecule has 1 N–H and O–H groups in total. The Hall–Kier alpha value is 0.260. The molecule has 1 rings (SSSR count). The number of alkyl halides is 3. The third-order valence-corrected chi connectivity index (χ3v) is 3.18. The van der Waals surface area contributed by atoms with Crippen LogP contribution < -0.4 is 0 Å². The van der Waals surface area contributed by atoms with Gasteiger partial charge in [-0.1, -0.05) is 34.8 Å². The van der Waals surface area contributed by atoms with Gasteiger partial charge in [-0.25, -0.2) is 0 Å². The van der Waals surface area contributed by atoms with E-state index < -0.39 is 21.6 Å². The molecule has 1 saturated heterocycles. The highest BCUT2D eigenvalue weighted by Crippen LogP contribution is 2.34. The van der Waals surface area contributed by atoms with Crippen molar-refractivity contribution < 1.29 is 14.2 Å². The van der Waals surface area contributed by atoms with E-state index in [4.69, 9.17) is 54.4 Å². The van der Waals surface area contributed by atoms with Crippen LogP contribution in [0.25, 0.3) is 0 Å². The van der Waals surface area contributed by atoms with Gasteiger partial charge in [0.1, 0.15) is 0 Å². The first-order valence-electron chi connectivity index (χ1n) is 5.20. The number of ether oxygens (including phenoxy) is 3. The smallest absolute Gasteiger partial charge is 0.265 e. The van der Waals surface area contributed by atoms with Gasteiger partial charge in [0, 0.05) is 13.5 Å². The Labute approximate surface area is 116 Å². The SMILES string of the molecule is CO[C@@H]1CCC(OC(=N)C(Cl)(Cl)Cl)OC1(C)C. The first-order valence-corrected chi connectivity index (χ1v) is 6.33. The fourth-order valence-corrected chi connectivity index (χ4v) is 1.93. The number of hydrogen-bond acceptors (Lipinski definition) is 4. The molecule has 100 valence electrons. The third-order valence-electron chi connectivity index (χ3n) is 2.67. The summed E-state index contributed by atoms with van der Waals surface area (Å²) in [7, 11) is 1.64. The van der Waals surface area contributed by atoms with Crippen LogP contribution in [0.15, 0.2) is 0 Å². The van der Waals surface area contributed by atoms with Crippen LogP contribution in [0, 0.1) is 5.41 Å². The van der Waals surface area contributed by atoms with Gasteiger partial charge < -0.3 is 14.2 Å². The average Bonchev–Trinajstić information content (AvgIpc) is 2.14. The monoisotopic (exact) mass is 303 g/mol. The molecular formula is C10H16Cl3NO3. The summed E-state index contributed by atoms with van der Waals surface area (Å²) in [5.74, 6) is -0.431. The molecule has 1 heterocycles. The van der Waals surface area contributed by atoms with Gasteiger partial charge in [0.25, 0.3) is 3.79 Å². The van der Waals surface area contributed by atoms with Crippen molar-refractivity contribution in [2.24, 2.45) is 0 Å². The molecule has 0 radical (unpaired) electrons. The molecule has 0 aliphatic carbocycles. The summed E-state index contributed by atoms with van der Waals surface area (Å²) in [5, 5.41) is 7.47. The van der Waals surface area contributed by atoms with Crippen LogP contribution in [0.4, 0.5) is 0 Å². The maximum atomic E-state index is 7.47. The summed E-state index contributed by atoms with van der Waals surface area (Å²) in [6, 6.07) is 0. The zero-order chi connectivity index (χ0) is 13.3. The minimum absolute atomic E-state index is 0.00991. The van der Waals surface area contributed by atoms with E-state index in [2.05, 4.69) is 0 Å². The van der Waals surface area contributed by atoms with Crippen LogP contribution in [0.1, 0.15) is 26.7 Å². The van der Waals surface area contributed by atoms with E-state index in [0.717, 1.165) is 6.42 Å². The average molecular weight is 305 g/mol. The third kappa shape index (κ3) is 4.14. The highest BCUT2D eigenvalue weighted by Gasteiger charge is 2.40. The second-order valence-corrected chi connectivity index (χ2v) is 6.68. The number of hydrogen-bond donors (Lipinski definition) is 1. The predicted molar refractivity (Wildman–Crippen MR) is 68.1 cm³/mol. The summed E-state index contributed by atoms with van der Waals surface area (Å²) in [5.41, 5.74) is -0.494. The molecule has 0 aromatic carbocycles. The molecule has 1 unspecified atom stereocenters. The largest absolute Gasteiger partial charge is 0.448 e. The van der Waals surface area contributed by atoms with Gasteiger partial charge in [-0.15, -0.1) is 0 Å². The molecule has 0 saturated carbocycles. The number of rotatable bonds is 2. The van der Waals surface area contributed by atoms with Crippen molar-refractivity contribution >= 4 is 40.7 Å². The lowest BCUT2D eigenvalue weighted by Crippen LogP contribution is -2.49. The van der Waals surface area contributed by atoms with Crippen molar-refractivity contribution in [1.29, 1.82) is 5.41 Å². The molecular weight excluding hydrogens is 288 g/mol. The highest BCUT2D eigenvalue weighted by atomic mass is 35.6. The molecule has 4 nitrogen and oxygen atoms in total. The number of methoxy groups -OCH3 is 1. The van der Waals surface area contributed by atoms with Crippen LogP contribution in [-0.2, 0) is 14.2 Å². The van der Waals surface area contributed by atoms with Crippen molar-refractivity contribution in [3.8, 4) is 0 Å². The van der Waals surface area contributed by atoms with Crippen molar-refractivity contribution in [3.63, 3.8) is 0 Å². The zero-order valence-corrected chi connectivity index (χ0v) is 12.2. The van der Waals surface area contributed by atoms with Gasteiger partial charge in [-0.05, 0) is 20.3 Å². The Bertz CT molecular complexity index is 291. The summed E-state index contributed by atoms with van der Waals surface area (Å²) in [6.45, 7) is 3.80. The van der Waals surface area contributed by atoms with Crippen molar-refractivity contribution in [2.45, 2.75) is 48.5 Å². The highest BCUT2D eigenvalue weighted by molar-refractivity contribution is 6.76. The Balaban J connectivity index is 2.57. The van der Waals surface area contributed by atoms with E-state index in [1.807, 2.05) is 13.8 Å². The van der Waals surface area contributed by atoms with Gasteiger partial charge in [0.15, 0.2) is 0 Å². The molecule has 0 aromatic heterocycles. The van der Waals surface area contributed by atoms with Crippen LogP contribution in [-0.4, -0.2) is 34.8 Å². The van der Waals surface area contributed by atoms with Gasteiger partial charge in [-0.2, -0.15) is 0 Å². The van der Waals surface area contributed by atoms with Crippen LogP contribution in [0.2, 0.25) is 0 Å². The van der Waals surface area contributed by atoms with Gasteiger partial charge in [0.05, 0.1) is 11.7 Å². The lowest BCUT2D eigenvalue weighted by molar-refractivity contribution is -0.238. The Kier molecular flexibility index (Phi) is 4.95. The van der Waals surface area contributed by atoms with Crippen LogP contribution in [0.3, 0.4) is 0 Å². The second kappa shape index (κ2) is 5.49. The first kappa shape index (κ1) is 15.3. The lowest BCUT2D eigenvalue weighted by Gasteiger charge is -2.41. The summed E-state index contributed by atoms with van der Waals surface area (Å²) in [6.07, 6.45) is 0.760. The quantitative estimate of drug-likeness (QED) is 0.484. The zero-order valence-electron chi connectivity index (χ0n) is 9.93. The van der Waals surface area contributed by atoms with Gasteiger partial charge in [-0.3, -0.25) is 5.41 Å². The number of nitrogens with one attached hydrogen (secondary N) is 1. The van der Waals surface area contributed by atoms with E-state index in [1.165, 1.54) is 0 Å². The maximum Gasteiger partial charge on any atom is 0.265 e. The standard InChI is InChI=1S/C10H16Cl3NO3/c1-9(2)6(15-3)4-5-7(17-9)16-8(14)10(11,12)13/h6-7,14H,4-5H2,1-3H3/t6-,7?/m1/s1. The molecule has 0 aromatic rings. The molecule has 2 atom stereocenters. The molecule has 1 aliphatic rings. The summed E-state index contributed by atoms with van der Waals surface area (Å²) in [4.78, 5) is 0. The first-order chi connectivity index (χ1) is 7.66. The maximum absolute atomic E-state index is 7.47. The summed E-state index contributed by atoms with van der Waals surface area (Å²) >= 11 is 16.6. The normalized spacial score (nSPS) is 28.8. The number of halogens is 3. The van der Waals surface area contributed by atoms with E-state index in [0.29, 0.717) is 6.42 Å². The van der Waals surface area contributed by atoms with E-state index in [1.54, 1.807) is 7.11 Å². The molecule has 1 fully saturated rings. The van der Waals surface area contributed by atoms with Crippen molar-refractivity contribution in [1.82, 2.24) is 0 Å². The Morgan fingerprint density at radius 3 is 2.35 bits per heavy atom. The second-order valence-electron chi connectivity index (χ2n) is 4.40. The molecule has 0 spiro atoms. The predicted octanol–water partition coefficient (Wildman–Crippen LogP) is 3.28. The van der Waals surface area contributed by atoms with Crippen molar-refractivity contribution in [3.05, 3.63) is 0 Å². The lowest BCUT2D eigenvalue weighted by atomic mass is 9.94. The Morgan fingerprint density at radius 1 is 1.35 bits per heavy atom. The van der Waals surface area contributed by atoms with Crippen LogP contribution >= 0.6 is 34.8 Å². The molecule has 0 bridgehead atoms. The van der Waals surface area contributed by atoms with E-state index in [9.17, 15) is 0 Å². The van der Waals surface area contributed by atoms with Gasteiger partial charge in [0.2, 0.25) is 12.2 Å². The van der Waals surface area contributed by atoms with Crippen LogP contribution in [0.5, 0.6) is 0 Å². The van der Waals surface area contributed by atoms with E-state index >= 15 is 0 Å². The minimum atomic E-state index is -1.86. The molecule has 1 aliphatic heterocycles. The molecule has 17 heavy (non-hydrogen) atoms. The molecule has 0 amide bonds. The van der Waals surface area contributed by atoms with Gasteiger partial charge >= 0.3 is 0 Å². The minimum Gasteiger partial charge on any atom is -0.448 e. The van der Waals surface area contributed by atoms with Crippen molar-refractivity contribution in [2.75, 3.05) is 7.11 Å².